The number of likely N-dealkylation sites (tertiary alicyclic amines) is 1. The average molecular weight is 468 g/mol. The van der Waals surface area contributed by atoms with Gasteiger partial charge in [-0.1, -0.05) is 46.3 Å². The van der Waals surface area contributed by atoms with Crippen molar-refractivity contribution in [2.24, 2.45) is 0 Å². The maximum atomic E-state index is 12.8. The van der Waals surface area contributed by atoms with Gasteiger partial charge in [-0.15, -0.1) is 0 Å². The third kappa shape index (κ3) is 4.88. The summed E-state index contributed by atoms with van der Waals surface area (Å²) in [4.78, 5) is 26.8. The predicted octanol–water partition coefficient (Wildman–Crippen LogP) is 4.27. The number of carbonyl (C=O) groups is 2. The SMILES string of the molecule is O=C(Nc1ccccc1)NC1CCN(C(=O)c2cc(-c3ccc(Br)cc3)n[nH]2)CC1. The topological polar surface area (TPSA) is 90.1 Å². The average Bonchev–Trinajstić information content (AvgIpc) is 3.25. The maximum Gasteiger partial charge on any atom is 0.319 e. The van der Waals surface area contributed by atoms with Gasteiger partial charge in [-0.3, -0.25) is 9.89 Å². The standard InChI is InChI=1S/C22H22BrN5O2/c23-16-8-6-15(7-9-16)19-14-20(27-26-19)21(29)28-12-10-18(11-13-28)25-22(30)24-17-4-2-1-3-5-17/h1-9,14,18H,10-13H2,(H,26,27)(H2,24,25,30). The van der Waals surface area contributed by atoms with Crippen LogP contribution < -0.4 is 10.6 Å². The molecule has 2 heterocycles. The minimum absolute atomic E-state index is 0.0397. The van der Waals surface area contributed by atoms with Crippen LogP contribution in [0.3, 0.4) is 0 Å². The Hall–Kier alpha value is -3.13. The van der Waals surface area contributed by atoms with Crippen LogP contribution in [0.25, 0.3) is 11.3 Å². The molecule has 0 radical (unpaired) electrons. The summed E-state index contributed by atoms with van der Waals surface area (Å²) < 4.78 is 0.993. The highest BCUT2D eigenvalue weighted by molar-refractivity contribution is 9.10. The number of urea groups is 1. The zero-order chi connectivity index (χ0) is 20.9. The van der Waals surface area contributed by atoms with E-state index in [9.17, 15) is 9.59 Å². The lowest BCUT2D eigenvalue weighted by Crippen LogP contribution is -2.47. The highest BCUT2D eigenvalue weighted by Crippen LogP contribution is 2.21. The first-order chi connectivity index (χ1) is 14.6. The maximum absolute atomic E-state index is 12.8. The van der Waals surface area contributed by atoms with E-state index in [4.69, 9.17) is 0 Å². The summed E-state index contributed by atoms with van der Waals surface area (Å²) >= 11 is 3.42. The van der Waals surface area contributed by atoms with Gasteiger partial charge in [-0.25, -0.2) is 4.79 Å². The van der Waals surface area contributed by atoms with E-state index in [2.05, 4.69) is 36.8 Å². The molecule has 1 saturated heterocycles. The number of aromatic nitrogens is 2. The lowest BCUT2D eigenvalue weighted by Gasteiger charge is -2.32. The van der Waals surface area contributed by atoms with Gasteiger partial charge in [0, 0.05) is 34.9 Å². The van der Waals surface area contributed by atoms with E-state index in [0.717, 1.165) is 21.4 Å². The van der Waals surface area contributed by atoms with E-state index in [1.165, 1.54) is 0 Å². The Bertz CT molecular complexity index is 1010. The van der Waals surface area contributed by atoms with Gasteiger partial charge in [-0.05, 0) is 43.2 Å². The van der Waals surface area contributed by atoms with Crippen LogP contribution in [0.1, 0.15) is 23.3 Å². The molecule has 0 spiro atoms. The first-order valence-electron chi connectivity index (χ1n) is 9.82. The van der Waals surface area contributed by atoms with Crippen molar-refractivity contribution in [2.75, 3.05) is 18.4 Å². The van der Waals surface area contributed by atoms with Crippen LogP contribution in [-0.2, 0) is 0 Å². The fourth-order valence-corrected chi connectivity index (χ4v) is 3.74. The van der Waals surface area contributed by atoms with E-state index < -0.39 is 0 Å². The number of anilines is 1. The number of piperidine rings is 1. The zero-order valence-corrected chi connectivity index (χ0v) is 17.9. The number of hydrogen-bond acceptors (Lipinski definition) is 3. The number of benzene rings is 2. The van der Waals surface area contributed by atoms with Gasteiger partial charge < -0.3 is 15.5 Å². The highest BCUT2D eigenvalue weighted by Gasteiger charge is 2.25. The van der Waals surface area contributed by atoms with Crippen molar-refractivity contribution < 1.29 is 9.59 Å². The Balaban J connectivity index is 1.29. The molecular weight excluding hydrogens is 446 g/mol. The fraction of sp³-hybridized carbons (Fsp3) is 0.227. The third-order valence-corrected chi connectivity index (χ3v) is 5.63. The predicted molar refractivity (Wildman–Crippen MR) is 119 cm³/mol. The summed E-state index contributed by atoms with van der Waals surface area (Å²) in [6.07, 6.45) is 1.42. The van der Waals surface area contributed by atoms with Crippen LogP contribution in [0.4, 0.5) is 10.5 Å². The van der Waals surface area contributed by atoms with Crippen molar-refractivity contribution in [1.29, 1.82) is 0 Å². The molecule has 8 heteroatoms. The van der Waals surface area contributed by atoms with Crippen LogP contribution in [0.2, 0.25) is 0 Å². The van der Waals surface area contributed by atoms with Gasteiger partial charge in [-0.2, -0.15) is 5.10 Å². The minimum Gasteiger partial charge on any atom is -0.337 e. The van der Waals surface area contributed by atoms with Crippen LogP contribution in [0.15, 0.2) is 65.1 Å². The van der Waals surface area contributed by atoms with Crippen molar-refractivity contribution in [3.05, 3.63) is 70.8 Å². The molecule has 3 N–H and O–H groups in total. The molecule has 1 aromatic heterocycles. The number of hydrogen-bond donors (Lipinski definition) is 3. The van der Waals surface area contributed by atoms with Crippen molar-refractivity contribution in [3.63, 3.8) is 0 Å². The first-order valence-corrected chi connectivity index (χ1v) is 10.6. The molecule has 0 saturated carbocycles. The van der Waals surface area contributed by atoms with Gasteiger partial charge >= 0.3 is 6.03 Å². The largest absolute Gasteiger partial charge is 0.337 e. The number of nitrogens with zero attached hydrogens (tertiary/aromatic N) is 2. The summed E-state index contributed by atoms with van der Waals surface area (Å²) in [6.45, 7) is 1.17. The summed E-state index contributed by atoms with van der Waals surface area (Å²) in [5.41, 5.74) is 2.91. The van der Waals surface area contributed by atoms with Gasteiger partial charge in [0.2, 0.25) is 0 Å². The molecule has 30 heavy (non-hydrogen) atoms. The summed E-state index contributed by atoms with van der Waals surface area (Å²) in [5, 5.41) is 12.9. The molecule has 3 aromatic rings. The smallest absolute Gasteiger partial charge is 0.319 e. The van der Waals surface area contributed by atoms with E-state index in [1.807, 2.05) is 54.6 Å². The van der Waals surface area contributed by atoms with Gasteiger partial charge in [0.15, 0.2) is 0 Å². The number of carbonyl (C=O) groups excluding carboxylic acids is 2. The number of rotatable bonds is 4. The Morgan fingerprint density at radius 2 is 1.73 bits per heavy atom. The Morgan fingerprint density at radius 3 is 2.43 bits per heavy atom. The molecule has 1 fully saturated rings. The molecule has 0 unspecified atom stereocenters. The lowest BCUT2D eigenvalue weighted by molar-refractivity contribution is 0.0703. The van der Waals surface area contributed by atoms with Crippen LogP contribution in [0, 0.1) is 0 Å². The molecule has 3 amide bonds. The van der Waals surface area contributed by atoms with Crippen molar-refractivity contribution in [2.45, 2.75) is 18.9 Å². The molecule has 154 valence electrons. The van der Waals surface area contributed by atoms with Gasteiger partial charge in [0.05, 0.1) is 5.69 Å². The molecule has 0 atom stereocenters. The number of H-pyrrole nitrogens is 1. The van der Waals surface area contributed by atoms with Gasteiger partial charge in [0.25, 0.3) is 5.91 Å². The van der Waals surface area contributed by atoms with E-state index in [0.29, 0.717) is 31.6 Å². The van der Waals surface area contributed by atoms with Crippen molar-refractivity contribution in [1.82, 2.24) is 20.4 Å². The van der Waals surface area contributed by atoms with Crippen molar-refractivity contribution >= 4 is 33.6 Å². The summed E-state index contributed by atoms with van der Waals surface area (Å²) in [7, 11) is 0. The molecule has 2 aromatic carbocycles. The second kappa shape index (κ2) is 9.13. The van der Waals surface area contributed by atoms with Crippen molar-refractivity contribution in [3.8, 4) is 11.3 Å². The van der Waals surface area contributed by atoms with E-state index in [1.54, 1.807) is 11.0 Å². The summed E-state index contributed by atoms with van der Waals surface area (Å²) in [5.74, 6) is -0.0713. The van der Waals surface area contributed by atoms with Crippen LogP contribution in [0.5, 0.6) is 0 Å². The second-order valence-electron chi connectivity index (χ2n) is 7.20. The van der Waals surface area contributed by atoms with Crippen LogP contribution >= 0.6 is 15.9 Å². The molecule has 0 aliphatic carbocycles. The van der Waals surface area contributed by atoms with Gasteiger partial charge in [0.1, 0.15) is 5.69 Å². The summed E-state index contributed by atoms with van der Waals surface area (Å²) in [6, 6.07) is 18.7. The first kappa shape index (κ1) is 20.2. The second-order valence-corrected chi connectivity index (χ2v) is 8.12. The lowest BCUT2D eigenvalue weighted by atomic mass is 10.0. The Labute approximate surface area is 183 Å². The Morgan fingerprint density at radius 1 is 1.03 bits per heavy atom. The number of amides is 3. The normalized spacial score (nSPS) is 14.4. The Kier molecular flexibility index (Phi) is 6.13. The quantitative estimate of drug-likeness (QED) is 0.535. The molecular formula is C22H22BrN5O2. The van der Waals surface area contributed by atoms with Crippen LogP contribution in [-0.4, -0.2) is 46.2 Å². The third-order valence-electron chi connectivity index (χ3n) is 5.10. The number of aromatic amines is 1. The van der Waals surface area contributed by atoms with E-state index in [-0.39, 0.29) is 18.0 Å². The highest BCUT2D eigenvalue weighted by atomic mass is 79.9. The minimum atomic E-state index is -0.223. The molecule has 1 aliphatic rings. The number of halogens is 1. The number of para-hydroxylation sites is 1. The molecule has 1 aliphatic heterocycles. The zero-order valence-electron chi connectivity index (χ0n) is 16.3. The molecule has 4 rings (SSSR count). The molecule has 7 nitrogen and oxygen atoms in total. The molecule has 0 bridgehead atoms. The fourth-order valence-electron chi connectivity index (χ4n) is 3.47. The number of nitrogens with one attached hydrogen (secondary N) is 3. The monoisotopic (exact) mass is 467 g/mol. The van der Waals surface area contributed by atoms with E-state index >= 15 is 0 Å².